The summed E-state index contributed by atoms with van der Waals surface area (Å²) in [5.74, 6) is 0. The van der Waals surface area contributed by atoms with Crippen molar-refractivity contribution in [3.8, 4) is 33.6 Å². The van der Waals surface area contributed by atoms with Gasteiger partial charge in [0.1, 0.15) is 0 Å². The summed E-state index contributed by atoms with van der Waals surface area (Å²) in [7, 11) is 0. The van der Waals surface area contributed by atoms with E-state index >= 15 is 0 Å². The molecule has 0 bridgehead atoms. The smallest absolute Gasteiger partial charge is 0.0766 e. The van der Waals surface area contributed by atoms with Crippen molar-refractivity contribution >= 4 is 21.8 Å². The minimum absolute atomic E-state index is 0.833. The molecule has 0 saturated carbocycles. The van der Waals surface area contributed by atoms with E-state index in [0.29, 0.717) is 0 Å². The topological polar surface area (TPSA) is 17.8 Å². The van der Waals surface area contributed by atoms with E-state index in [-0.39, 0.29) is 0 Å². The van der Waals surface area contributed by atoms with E-state index in [1.54, 1.807) is 0 Å². The van der Waals surface area contributed by atoms with Gasteiger partial charge in [-0.15, -0.1) is 0 Å². The summed E-state index contributed by atoms with van der Waals surface area (Å²) in [5, 5.41) is 2.53. The van der Waals surface area contributed by atoms with Crippen molar-refractivity contribution in [1.82, 2.24) is 9.55 Å². The van der Waals surface area contributed by atoms with E-state index in [4.69, 9.17) is 4.98 Å². The first-order chi connectivity index (χ1) is 15.9. The predicted molar refractivity (Wildman–Crippen MR) is 133 cm³/mol. The van der Waals surface area contributed by atoms with Crippen LogP contribution < -0.4 is 0 Å². The van der Waals surface area contributed by atoms with Gasteiger partial charge < -0.3 is 4.57 Å². The lowest BCUT2D eigenvalue weighted by molar-refractivity contribution is 0.885. The third-order valence-corrected chi connectivity index (χ3v) is 6.63. The highest BCUT2D eigenvalue weighted by molar-refractivity contribution is 6.11. The molecule has 1 aliphatic heterocycles. The van der Waals surface area contributed by atoms with Gasteiger partial charge in [0.2, 0.25) is 0 Å². The molecular formula is C30H20N2. The number of para-hydroxylation sites is 2. The van der Waals surface area contributed by atoms with Crippen LogP contribution in [0.5, 0.6) is 0 Å². The van der Waals surface area contributed by atoms with Crippen molar-refractivity contribution in [1.29, 1.82) is 0 Å². The first-order valence-corrected chi connectivity index (χ1v) is 11.0. The molecule has 7 rings (SSSR count). The number of aromatic nitrogens is 2. The van der Waals surface area contributed by atoms with Gasteiger partial charge in [-0.05, 0) is 17.7 Å². The summed E-state index contributed by atoms with van der Waals surface area (Å²) in [4.78, 5) is 5.15. The van der Waals surface area contributed by atoms with E-state index in [2.05, 4.69) is 114 Å². The van der Waals surface area contributed by atoms with Gasteiger partial charge in [-0.2, -0.15) is 0 Å². The number of rotatable bonds is 2. The normalized spacial score (nSPS) is 12.2. The molecule has 0 fully saturated rings. The number of fused-ring (bicyclic) bond motifs is 7. The number of benzene rings is 4. The van der Waals surface area contributed by atoms with Crippen molar-refractivity contribution in [2.24, 2.45) is 0 Å². The highest BCUT2D eigenvalue weighted by Crippen LogP contribution is 2.50. The number of hydrogen-bond acceptors (Lipinski definition) is 1. The van der Waals surface area contributed by atoms with E-state index < -0.39 is 0 Å². The second-order valence-corrected chi connectivity index (χ2v) is 8.39. The molecule has 32 heavy (non-hydrogen) atoms. The van der Waals surface area contributed by atoms with Crippen LogP contribution in [0, 0.1) is 0 Å². The van der Waals surface area contributed by atoms with Crippen molar-refractivity contribution in [2.45, 2.75) is 6.54 Å². The highest BCUT2D eigenvalue weighted by Gasteiger charge is 2.31. The third kappa shape index (κ3) is 2.38. The molecule has 0 N–H and O–H groups in total. The van der Waals surface area contributed by atoms with Crippen LogP contribution in [0.1, 0.15) is 5.56 Å². The van der Waals surface area contributed by atoms with Crippen LogP contribution in [0.2, 0.25) is 0 Å². The van der Waals surface area contributed by atoms with E-state index in [0.717, 1.165) is 17.8 Å². The Morgan fingerprint density at radius 1 is 0.562 bits per heavy atom. The fraction of sp³-hybridized carbons (Fsp3) is 0.0333. The quantitative estimate of drug-likeness (QED) is 0.289. The minimum Gasteiger partial charge on any atom is -0.335 e. The summed E-state index contributed by atoms with van der Waals surface area (Å²) in [5.41, 5.74) is 11.1. The Kier molecular flexibility index (Phi) is 3.65. The van der Waals surface area contributed by atoms with E-state index in [9.17, 15) is 0 Å². The lowest BCUT2D eigenvalue weighted by Gasteiger charge is -2.13. The van der Waals surface area contributed by atoms with Gasteiger partial charge in [-0.1, -0.05) is 97.1 Å². The Hall–Kier alpha value is -4.17. The zero-order valence-electron chi connectivity index (χ0n) is 17.5. The van der Waals surface area contributed by atoms with Crippen LogP contribution in [0.3, 0.4) is 0 Å². The highest BCUT2D eigenvalue weighted by atomic mass is 15.0. The van der Waals surface area contributed by atoms with E-state index in [1.807, 2.05) is 0 Å². The maximum absolute atomic E-state index is 5.15. The number of nitrogens with zero attached hydrogens (tertiary/aromatic N) is 2. The van der Waals surface area contributed by atoms with Gasteiger partial charge >= 0.3 is 0 Å². The van der Waals surface area contributed by atoms with Crippen molar-refractivity contribution in [3.63, 3.8) is 0 Å². The maximum Gasteiger partial charge on any atom is 0.0766 e. The Labute approximate surface area is 186 Å². The van der Waals surface area contributed by atoms with Crippen LogP contribution in [0.15, 0.2) is 109 Å². The Bertz CT molecular complexity index is 1630. The molecule has 0 saturated heterocycles. The average molecular weight is 409 g/mol. The standard InChI is InChI=1S/C30H20N2/c1-3-11-20(12-4-1)27-23-16-8-10-18-26(23)32-19-24-28(30(27)32)22-15-7-9-17-25(22)31-29(24)21-13-5-2-6-14-21/h1-18H,19H2. The molecule has 3 heterocycles. The second-order valence-electron chi connectivity index (χ2n) is 8.39. The molecule has 0 amide bonds. The molecule has 0 radical (unpaired) electrons. The molecule has 0 atom stereocenters. The molecule has 0 spiro atoms. The van der Waals surface area contributed by atoms with Crippen molar-refractivity contribution in [3.05, 3.63) is 115 Å². The first-order valence-electron chi connectivity index (χ1n) is 11.0. The average Bonchev–Trinajstić information content (AvgIpc) is 3.40. The molecule has 6 aromatic rings. The molecular weight excluding hydrogens is 388 g/mol. The summed E-state index contributed by atoms with van der Waals surface area (Å²) in [6, 6.07) is 38.7. The number of hydrogen-bond donors (Lipinski definition) is 0. The SMILES string of the molecule is c1ccc(-c2nc3ccccc3c3c2Cn2c-3c(-c3ccccc3)c3ccccc32)cc1. The number of pyridine rings is 1. The molecule has 2 heteroatoms. The van der Waals surface area contributed by atoms with Crippen LogP contribution >= 0.6 is 0 Å². The van der Waals surface area contributed by atoms with Gasteiger partial charge in [0.05, 0.1) is 23.4 Å². The third-order valence-electron chi connectivity index (χ3n) is 6.63. The second kappa shape index (κ2) is 6.66. The van der Waals surface area contributed by atoms with Crippen LogP contribution in [0.25, 0.3) is 55.4 Å². The molecule has 2 aromatic heterocycles. The summed E-state index contributed by atoms with van der Waals surface area (Å²) < 4.78 is 2.49. The predicted octanol–water partition coefficient (Wildman–Crippen LogP) is 7.55. The zero-order valence-corrected chi connectivity index (χ0v) is 17.5. The van der Waals surface area contributed by atoms with Crippen LogP contribution in [0.4, 0.5) is 0 Å². The Balaban J connectivity index is 1.66. The fourth-order valence-corrected chi connectivity index (χ4v) is 5.29. The molecule has 1 aliphatic rings. The summed E-state index contributed by atoms with van der Waals surface area (Å²) >= 11 is 0. The van der Waals surface area contributed by atoms with Gasteiger partial charge in [0, 0.05) is 38.5 Å². The van der Waals surface area contributed by atoms with Gasteiger partial charge in [-0.25, -0.2) is 4.98 Å². The first kappa shape index (κ1) is 17.5. The molecule has 2 nitrogen and oxygen atoms in total. The van der Waals surface area contributed by atoms with Gasteiger partial charge in [0.25, 0.3) is 0 Å². The monoisotopic (exact) mass is 408 g/mol. The Morgan fingerprint density at radius 3 is 1.97 bits per heavy atom. The molecule has 0 unspecified atom stereocenters. The van der Waals surface area contributed by atoms with Crippen molar-refractivity contribution in [2.75, 3.05) is 0 Å². The van der Waals surface area contributed by atoms with Crippen LogP contribution in [-0.4, -0.2) is 9.55 Å². The minimum atomic E-state index is 0.833. The lowest BCUT2D eigenvalue weighted by Crippen LogP contribution is -1.97. The van der Waals surface area contributed by atoms with Gasteiger partial charge in [-0.3, -0.25) is 0 Å². The van der Waals surface area contributed by atoms with Crippen molar-refractivity contribution < 1.29 is 0 Å². The summed E-state index contributed by atoms with van der Waals surface area (Å²) in [6.07, 6.45) is 0. The maximum atomic E-state index is 5.15. The zero-order chi connectivity index (χ0) is 21.1. The largest absolute Gasteiger partial charge is 0.335 e. The summed E-state index contributed by atoms with van der Waals surface area (Å²) in [6.45, 7) is 0.833. The fourth-order valence-electron chi connectivity index (χ4n) is 5.29. The molecule has 150 valence electrons. The Morgan fingerprint density at radius 2 is 1.19 bits per heavy atom. The van der Waals surface area contributed by atoms with Gasteiger partial charge in [0.15, 0.2) is 0 Å². The van der Waals surface area contributed by atoms with Crippen LogP contribution in [-0.2, 0) is 6.54 Å². The molecule has 4 aromatic carbocycles. The van der Waals surface area contributed by atoms with E-state index in [1.165, 1.54) is 49.8 Å². The lowest BCUT2D eigenvalue weighted by atomic mass is 9.92. The molecule has 0 aliphatic carbocycles.